The monoisotopic (exact) mass is 217 g/mol. The van der Waals surface area contributed by atoms with Crippen molar-refractivity contribution in [3.05, 3.63) is 0 Å². The van der Waals surface area contributed by atoms with E-state index < -0.39 is 0 Å². The number of rotatable bonds is 5. The molecule has 0 aromatic rings. The lowest BCUT2D eigenvalue weighted by molar-refractivity contribution is 0.306. The van der Waals surface area contributed by atoms with E-state index in [1.54, 1.807) is 0 Å². The highest BCUT2D eigenvalue weighted by Crippen LogP contribution is 1.99. The first-order chi connectivity index (χ1) is 6.47. The molecule has 0 heterocycles. The molecule has 0 atom stereocenters. The van der Waals surface area contributed by atoms with Gasteiger partial charge >= 0.3 is 0 Å². The molecule has 0 rings (SSSR count). The number of likely N-dealkylation sites (N-methyl/N-ethyl adjacent to an activating group) is 1. The van der Waals surface area contributed by atoms with E-state index in [9.17, 15) is 0 Å². The summed E-state index contributed by atoms with van der Waals surface area (Å²) in [6, 6.07) is 0. The van der Waals surface area contributed by atoms with Crippen LogP contribution in [0.5, 0.6) is 0 Å². The van der Waals surface area contributed by atoms with Gasteiger partial charge in [-0.05, 0) is 32.2 Å². The molecule has 0 aliphatic rings. The molecule has 0 saturated carbocycles. The van der Waals surface area contributed by atoms with Gasteiger partial charge in [-0.3, -0.25) is 0 Å². The Hall–Kier alpha value is -0.350. The third-order valence-electron chi connectivity index (χ3n) is 1.90. The summed E-state index contributed by atoms with van der Waals surface area (Å²) in [6.07, 6.45) is 0. The predicted molar refractivity (Wildman–Crippen MR) is 66.6 cm³/mol. The third kappa shape index (κ3) is 6.16. The van der Waals surface area contributed by atoms with Gasteiger partial charge in [0.25, 0.3) is 0 Å². The number of thiocarbonyl (C=S) groups is 1. The molecular formula is C10H23N3S. The summed E-state index contributed by atoms with van der Waals surface area (Å²) in [6.45, 7) is 7.47. The Balaban J connectivity index is 4.04. The lowest BCUT2D eigenvalue weighted by Crippen LogP contribution is -2.43. The summed E-state index contributed by atoms with van der Waals surface area (Å²) in [4.78, 5) is 4.39. The Morgan fingerprint density at radius 3 is 2.21 bits per heavy atom. The number of hydrogen-bond acceptors (Lipinski definition) is 2. The molecule has 0 aromatic heterocycles. The maximum absolute atomic E-state index is 5.24. The molecule has 0 bridgehead atoms. The molecule has 0 aliphatic carbocycles. The fraction of sp³-hybridized carbons (Fsp3) is 0.900. The van der Waals surface area contributed by atoms with Gasteiger partial charge < -0.3 is 15.1 Å². The maximum atomic E-state index is 5.24. The fourth-order valence-electron chi connectivity index (χ4n) is 1.20. The van der Waals surface area contributed by atoms with Crippen LogP contribution in [-0.2, 0) is 0 Å². The van der Waals surface area contributed by atoms with E-state index in [0.717, 1.165) is 24.7 Å². The minimum atomic E-state index is 0.642. The van der Waals surface area contributed by atoms with Crippen molar-refractivity contribution in [3.8, 4) is 0 Å². The molecule has 0 fully saturated rings. The Morgan fingerprint density at radius 2 is 1.86 bits per heavy atom. The van der Waals surface area contributed by atoms with Crippen LogP contribution in [0, 0.1) is 5.92 Å². The second-order valence-corrected chi connectivity index (χ2v) is 4.58. The van der Waals surface area contributed by atoms with Crippen molar-refractivity contribution in [2.24, 2.45) is 5.92 Å². The van der Waals surface area contributed by atoms with Gasteiger partial charge in [-0.25, -0.2) is 0 Å². The van der Waals surface area contributed by atoms with E-state index in [1.807, 2.05) is 7.05 Å². The average molecular weight is 217 g/mol. The Kier molecular flexibility index (Phi) is 6.83. The van der Waals surface area contributed by atoms with Gasteiger partial charge in [0.15, 0.2) is 5.11 Å². The molecule has 0 aromatic carbocycles. The number of nitrogens with one attached hydrogen (secondary N) is 1. The van der Waals surface area contributed by atoms with Gasteiger partial charge in [0.2, 0.25) is 0 Å². The van der Waals surface area contributed by atoms with Gasteiger partial charge in [0, 0.05) is 26.7 Å². The van der Waals surface area contributed by atoms with Crippen LogP contribution < -0.4 is 5.32 Å². The van der Waals surface area contributed by atoms with Gasteiger partial charge in [-0.15, -0.1) is 0 Å². The largest absolute Gasteiger partial charge is 0.366 e. The predicted octanol–water partition coefficient (Wildman–Crippen LogP) is 1.01. The van der Waals surface area contributed by atoms with E-state index in [2.05, 4.69) is 43.1 Å². The third-order valence-corrected chi connectivity index (χ3v) is 2.37. The summed E-state index contributed by atoms with van der Waals surface area (Å²) >= 11 is 5.24. The van der Waals surface area contributed by atoms with Gasteiger partial charge in [0.05, 0.1) is 0 Å². The van der Waals surface area contributed by atoms with Gasteiger partial charge in [0.1, 0.15) is 0 Å². The second kappa shape index (κ2) is 7.01. The van der Waals surface area contributed by atoms with E-state index in [1.165, 1.54) is 0 Å². The standard InChI is InChI=1S/C10H23N3S/c1-9(2)8-13(10(14)11-3)7-6-12(4)5/h9H,6-8H2,1-5H3,(H,11,14). The number of hydrogen-bond donors (Lipinski definition) is 1. The van der Waals surface area contributed by atoms with Gasteiger partial charge in [-0.2, -0.15) is 0 Å². The highest BCUT2D eigenvalue weighted by molar-refractivity contribution is 7.80. The molecule has 84 valence electrons. The molecule has 1 N–H and O–H groups in total. The summed E-state index contributed by atoms with van der Waals surface area (Å²) in [5, 5.41) is 3.88. The van der Waals surface area contributed by atoms with E-state index in [0.29, 0.717) is 5.92 Å². The zero-order valence-electron chi connectivity index (χ0n) is 10.0. The first-order valence-corrected chi connectivity index (χ1v) is 5.49. The van der Waals surface area contributed by atoms with Crippen molar-refractivity contribution in [2.75, 3.05) is 40.8 Å². The molecule has 14 heavy (non-hydrogen) atoms. The van der Waals surface area contributed by atoms with Crippen LogP contribution in [0.1, 0.15) is 13.8 Å². The van der Waals surface area contributed by atoms with E-state index in [4.69, 9.17) is 12.2 Å². The summed E-state index contributed by atoms with van der Waals surface area (Å²) in [5.74, 6) is 0.642. The Labute approximate surface area is 93.5 Å². The van der Waals surface area contributed by atoms with Crippen molar-refractivity contribution < 1.29 is 0 Å². The molecule has 0 aliphatic heterocycles. The van der Waals surface area contributed by atoms with E-state index >= 15 is 0 Å². The normalized spacial score (nSPS) is 10.8. The lowest BCUT2D eigenvalue weighted by Gasteiger charge is -2.27. The van der Waals surface area contributed by atoms with Crippen LogP contribution in [0.15, 0.2) is 0 Å². The molecule has 0 unspecified atom stereocenters. The van der Waals surface area contributed by atoms with Crippen LogP contribution in [0.4, 0.5) is 0 Å². The quantitative estimate of drug-likeness (QED) is 0.693. The Bertz CT molecular complexity index is 169. The van der Waals surface area contributed by atoms with Crippen molar-refractivity contribution in [3.63, 3.8) is 0 Å². The van der Waals surface area contributed by atoms with Crippen molar-refractivity contribution in [2.45, 2.75) is 13.8 Å². The minimum Gasteiger partial charge on any atom is -0.366 e. The van der Waals surface area contributed by atoms with Crippen LogP contribution in [-0.4, -0.2) is 55.7 Å². The number of nitrogens with zero attached hydrogens (tertiary/aromatic N) is 2. The molecule has 0 amide bonds. The minimum absolute atomic E-state index is 0.642. The summed E-state index contributed by atoms with van der Waals surface area (Å²) < 4.78 is 0. The summed E-state index contributed by atoms with van der Waals surface area (Å²) in [7, 11) is 6.04. The highest BCUT2D eigenvalue weighted by Gasteiger charge is 2.09. The molecule has 3 nitrogen and oxygen atoms in total. The van der Waals surface area contributed by atoms with Gasteiger partial charge in [-0.1, -0.05) is 13.8 Å². The zero-order valence-corrected chi connectivity index (χ0v) is 10.8. The topological polar surface area (TPSA) is 18.5 Å². The van der Waals surface area contributed by atoms with Crippen LogP contribution in [0.3, 0.4) is 0 Å². The molecule has 0 radical (unpaired) electrons. The zero-order chi connectivity index (χ0) is 11.1. The van der Waals surface area contributed by atoms with Crippen LogP contribution in [0.25, 0.3) is 0 Å². The molecular weight excluding hydrogens is 194 g/mol. The van der Waals surface area contributed by atoms with Crippen LogP contribution >= 0.6 is 12.2 Å². The molecule has 0 saturated heterocycles. The average Bonchev–Trinajstić information content (AvgIpc) is 2.10. The van der Waals surface area contributed by atoms with Crippen molar-refractivity contribution >= 4 is 17.3 Å². The molecule has 0 spiro atoms. The SMILES string of the molecule is CNC(=S)N(CCN(C)C)CC(C)C. The first-order valence-electron chi connectivity index (χ1n) is 5.08. The van der Waals surface area contributed by atoms with Crippen molar-refractivity contribution in [1.82, 2.24) is 15.1 Å². The Morgan fingerprint density at radius 1 is 1.29 bits per heavy atom. The maximum Gasteiger partial charge on any atom is 0.168 e. The van der Waals surface area contributed by atoms with E-state index in [-0.39, 0.29) is 0 Å². The smallest absolute Gasteiger partial charge is 0.168 e. The van der Waals surface area contributed by atoms with Crippen LogP contribution in [0.2, 0.25) is 0 Å². The first kappa shape index (κ1) is 13.7. The fourth-order valence-corrected chi connectivity index (χ4v) is 1.36. The van der Waals surface area contributed by atoms with Crippen molar-refractivity contribution in [1.29, 1.82) is 0 Å². The molecule has 4 heteroatoms. The second-order valence-electron chi connectivity index (χ2n) is 4.20. The summed E-state index contributed by atoms with van der Waals surface area (Å²) in [5.41, 5.74) is 0. The highest BCUT2D eigenvalue weighted by atomic mass is 32.1. The lowest BCUT2D eigenvalue weighted by atomic mass is 10.2.